The number of nitriles is 1. The standard InChI is InChI=1S/C32H38F3N7O3/c1-6-23-18-42(28-26-25(39(5)30(44)38-28)13-12-22(14-36)37-26)24(7-2)17-41(23)27(19-8-10-20(11-9-19)32(33,34)35)29(43)40-15-21(16-40)31(3,4)45/h8-13,21,23-24,27,45H,6-7,15-18H2,1-5H3/t23-,24+,27?/m1/s1. The van der Waals surface area contributed by atoms with Crippen molar-refractivity contribution >= 4 is 22.8 Å². The van der Waals surface area contributed by atoms with Crippen LogP contribution in [-0.4, -0.2) is 79.2 Å². The highest BCUT2D eigenvalue weighted by molar-refractivity contribution is 5.87. The van der Waals surface area contributed by atoms with Crippen molar-refractivity contribution in [2.75, 3.05) is 31.1 Å². The minimum absolute atomic E-state index is 0.109. The largest absolute Gasteiger partial charge is 0.416 e. The number of aromatic nitrogens is 3. The molecule has 3 aromatic rings. The van der Waals surface area contributed by atoms with Gasteiger partial charge in [-0.15, -0.1) is 0 Å². The predicted octanol–water partition coefficient (Wildman–Crippen LogP) is 3.87. The lowest BCUT2D eigenvalue weighted by molar-refractivity contribution is -0.152. The number of carbonyl (C=O) groups is 1. The zero-order valence-electron chi connectivity index (χ0n) is 26.0. The number of hydrogen-bond donors (Lipinski definition) is 1. The summed E-state index contributed by atoms with van der Waals surface area (Å²) in [4.78, 5) is 41.7. The van der Waals surface area contributed by atoms with Crippen LogP contribution in [0.5, 0.6) is 0 Å². The maximum absolute atomic E-state index is 14.2. The van der Waals surface area contributed by atoms with E-state index >= 15 is 0 Å². The summed E-state index contributed by atoms with van der Waals surface area (Å²) in [6.07, 6.45) is -3.30. The van der Waals surface area contributed by atoms with Crippen molar-refractivity contribution in [3.05, 3.63) is 63.7 Å². The van der Waals surface area contributed by atoms with Crippen molar-refractivity contribution in [3.8, 4) is 6.07 Å². The molecule has 45 heavy (non-hydrogen) atoms. The van der Waals surface area contributed by atoms with Crippen molar-refractivity contribution < 1.29 is 23.1 Å². The molecule has 2 aliphatic heterocycles. The smallest absolute Gasteiger partial charge is 0.390 e. The Balaban J connectivity index is 1.55. The number of aryl methyl sites for hydroxylation is 1. The molecule has 0 aliphatic carbocycles. The van der Waals surface area contributed by atoms with E-state index in [-0.39, 0.29) is 29.6 Å². The number of hydrogen-bond acceptors (Lipinski definition) is 8. The summed E-state index contributed by atoms with van der Waals surface area (Å²) in [6.45, 7) is 8.81. The number of anilines is 1. The molecule has 2 saturated heterocycles. The number of likely N-dealkylation sites (tertiary alicyclic amines) is 1. The molecule has 240 valence electrons. The van der Waals surface area contributed by atoms with E-state index < -0.39 is 29.1 Å². The number of alkyl halides is 3. The fourth-order valence-electron chi connectivity index (χ4n) is 6.34. The van der Waals surface area contributed by atoms with Gasteiger partial charge in [0, 0.05) is 51.2 Å². The number of aliphatic hydroxyl groups is 1. The second-order valence-electron chi connectivity index (χ2n) is 12.5. The Morgan fingerprint density at radius 1 is 1.02 bits per heavy atom. The number of nitrogens with zero attached hydrogens (tertiary/aromatic N) is 7. The third-order valence-corrected chi connectivity index (χ3v) is 9.32. The number of halogens is 3. The van der Waals surface area contributed by atoms with Gasteiger partial charge >= 0.3 is 11.9 Å². The molecule has 2 fully saturated rings. The molecule has 1 N–H and O–H groups in total. The van der Waals surface area contributed by atoms with Gasteiger partial charge in [-0.1, -0.05) is 26.0 Å². The second-order valence-corrected chi connectivity index (χ2v) is 12.5. The zero-order chi connectivity index (χ0) is 32.8. The SMILES string of the molecule is CC[C@H]1CN(C(C(=O)N2CC(C(C)(C)O)C2)c2ccc(C(F)(F)F)cc2)[C@H](CC)CN1c1nc(=O)n(C)c2ccc(C#N)nc12. The molecule has 0 spiro atoms. The van der Waals surface area contributed by atoms with Gasteiger partial charge in [-0.3, -0.25) is 14.3 Å². The monoisotopic (exact) mass is 625 g/mol. The predicted molar refractivity (Wildman–Crippen MR) is 162 cm³/mol. The molecule has 1 amide bonds. The first-order valence-electron chi connectivity index (χ1n) is 15.2. The molecule has 10 nitrogen and oxygen atoms in total. The lowest BCUT2D eigenvalue weighted by Crippen LogP contribution is -2.64. The number of carbonyl (C=O) groups excluding carboxylic acids is 1. The molecule has 1 unspecified atom stereocenters. The third-order valence-electron chi connectivity index (χ3n) is 9.32. The van der Waals surface area contributed by atoms with Crippen LogP contribution in [0, 0.1) is 17.2 Å². The van der Waals surface area contributed by atoms with Gasteiger partial charge in [0.25, 0.3) is 0 Å². The summed E-state index contributed by atoms with van der Waals surface area (Å²) in [6, 6.07) is 8.72. The van der Waals surface area contributed by atoms with Crippen LogP contribution in [-0.2, 0) is 18.0 Å². The third kappa shape index (κ3) is 6.13. The van der Waals surface area contributed by atoms with E-state index in [1.165, 1.54) is 16.7 Å². The van der Waals surface area contributed by atoms with E-state index in [4.69, 9.17) is 0 Å². The normalized spacial score (nSPS) is 20.6. The summed E-state index contributed by atoms with van der Waals surface area (Å²) < 4.78 is 41.7. The van der Waals surface area contributed by atoms with E-state index in [1.807, 2.05) is 24.8 Å². The molecule has 1 aromatic carbocycles. The van der Waals surface area contributed by atoms with Crippen LogP contribution in [0.4, 0.5) is 19.0 Å². The quantitative estimate of drug-likeness (QED) is 0.421. The van der Waals surface area contributed by atoms with Crippen LogP contribution < -0.4 is 10.6 Å². The van der Waals surface area contributed by atoms with Gasteiger partial charge in [0.1, 0.15) is 23.3 Å². The van der Waals surface area contributed by atoms with E-state index in [1.54, 1.807) is 37.9 Å². The average molecular weight is 626 g/mol. The first-order valence-corrected chi connectivity index (χ1v) is 15.2. The van der Waals surface area contributed by atoms with Crippen molar-refractivity contribution in [3.63, 3.8) is 0 Å². The highest BCUT2D eigenvalue weighted by atomic mass is 19.4. The van der Waals surface area contributed by atoms with Crippen LogP contribution in [0.1, 0.15) is 63.4 Å². The Morgan fingerprint density at radius 2 is 1.67 bits per heavy atom. The number of piperazine rings is 1. The summed E-state index contributed by atoms with van der Waals surface area (Å²) in [5, 5.41) is 20.0. The van der Waals surface area contributed by atoms with Crippen molar-refractivity contribution in [1.82, 2.24) is 24.3 Å². The van der Waals surface area contributed by atoms with E-state index in [2.05, 4.69) is 14.9 Å². The Labute approximate surface area is 259 Å². The number of pyridine rings is 1. The van der Waals surface area contributed by atoms with Crippen molar-refractivity contribution in [2.45, 2.75) is 70.4 Å². The Bertz CT molecular complexity index is 1670. The van der Waals surface area contributed by atoms with Gasteiger partial charge < -0.3 is 14.9 Å². The summed E-state index contributed by atoms with van der Waals surface area (Å²) in [5.74, 6) is 0.0283. The molecule has 0 saturated carbocycles. The average Bonchev–Trinajstić information content (AvgIpc) is 2.97. The Kier molecular flexibility index (Phi) is 8.67. The fraction of sp³-hybridized carbons (Fsp3) is 0.531. The summed E-state index contributed by atoms with van der Waals surface area (Å²) >= 11 is 0. The van der Waals surface area contributed by atoms with E-state index in [0.717, 1.165) is 12.1 Å². The molecule has 2 aromatic heterocycles. The van der Waals surface area contributed by atoms with Crippen LogP contribution >= 0.6 is 0 Å². The molecule has 5 rings (SSSR count). The number of rotatable bonds is 7. The van der Waals surface area contributed by atoms with Crippen molar-refractivity contribution in [2.24, 2.45) is 13.0 Å². The van der Waals surface area contributed by atoms with Gasteiger partial charge in [-0.2, -0.15) is 23.4 Å². The molecular weight excluding hydrogens is 587 g/mol. The zero-order valence-corrected chi connectivity index (χ0v) is 26.0. The molecule has 0 bridgehead atoms. The first-order chi connectivity index (χ1) is 21.2. The van der Waals surface area contributed by atoms with Crippen LogP contribution in [0.25, 0.3) is 11.0 Å². The maximum atomic E-state index is 14.2. The summed E-state index contributed by atoms with van der Waals surface area (Å²) in [5.41, 5.74) is -0.620. The minimum atomic E-state index is -4.51. The van der Waals surface area contributed by atoms with Crippen LogP contribution in [0.2, 0.25) is 0 Å². The van der Waals surface area contributed by atoms with Crippen molar-refractivity contribution in [1.29, 1.82) is 5.26 Å². The minimum Gasteiger partial charge on any atom is -0.390 e. The number of amides is 1. The van der Waals surface area contributed by atoms with Gasteiger partial charge in [0.15, 0.2) is 5.82 Å². The van der Waals surface area contributed by atoms with Gasteiger partial charge in [0.05, 0.1) is 16.7 Å². The molecule has 0 radical (unpaired) electrons. The Morgan fingerprint density at radius 3 is 2.22 bits per heavy atom. The second kappa shape index (κ2) is 12.1. The molecule has 13 heteroatoms. The first kappa shape index (κ1) is 32.4. The highest BCUT2D eigenvalue weighted by Gasteiger charge is 2.46. The number of benzene rings is 1. The highest BCUT2D eigenvalue weighted by Crippen LogP contribution is 2.38. The molecule has 2 aliphatic rings. The van der Waals surface area contributed by atoms with Gasteiger partial charge in [0.2, 0.25) is 5.91 Å². The van der Waals surface area contributed by atoms with Gasteiger partial charge in [-0.05, 0) is 56.5 Å². The lowest BCUT2D eigenvalue weighted by Gasteiger charge is -2.52. The topological polar surface area (TPSA) is 119 Å². The Hall–Kier alpha value is -4.02. The fourth-order valence-corrected chi connectivity index (χ4v) is 6.34. The van der Waals surface area contributed by atoms with Crippen LogP contribution in [0.15, 0.2) is 41.2 Å². The van der Waals surface area contributed by atoms with Crippen LogP contribution in [0.3, 0.4) is 0 Å². The van der Waals surface area contributed by atoms with E-state index in [9.17, 15) is 33.1 Å². The molecule has 3 atom stereocenters. The lowest BCUT2D eigenvalue weighted by atomic mass is 9.83. The molecular formula is C32H38F3N7O3. The maximum Gasteiger partial charge on any atom is 0.416 e. The molecule has 4 heterocycles. The van der Waals surface area contributed by atoms with Gasteiger partial charge in [-0.25, -0.2) is 9.78 Å². The summed E-state index contributed by atoms with van der Waals surface area (Å²) in [7, 11) is 1.60. The van der Waals surface area contributed by atoms with E-state index in [0.29, 0.717) is 61.4 Å². The number of fused-ring (bicyclic) bond motifs is 1.